The first-order valence-electron chi connectivity index (χ1n) is 6.14. The zero-order chi connectivity index (χ0) is 13.5. The van der Waals surface area contributed by atoms with Crippen molar-refractivity contribution in [1.29, 1.82) is 0 Å². The van der Waals surface area contributed by atoms with Crippen LogP contribution in [-0.4, -0.2) is 27.7 Å². The number of benzene rings is 1. The molecule has 1 aromatic heterocycles. The maximum Gasteiger partial charge on any atom is 0.146 e. The summed E-state index contributed by atoms with van der Waals surface area (Å²) in [5.41, 5.74) is 1.26. The first-order chi connectivity index (χ1) is 9.28. The SMILES string of the molecule is CC(CO)Nc1cncc(SCc2ccccc2)n1. The van der Waals surface area contributed by atoms with Crippen LogP contribution in [0, 0.1) is 0 Å². The summed E-state index contributed by atoms with van der Waals surface area (Å²) in [5.74, 6) is 1.56. The number of nitrogens with zero attached hydrogens (tertiary/aromatic N) is 2. The lowest BCUT2D eigenvalue weighted by Crippen LogP contribution is -2.20. The molecule has 0 saturated heterocycles. The zero-order valence-corrected chi connectivity index (χ0v) is 11.6. The Kier molecular flexibility index (Phi) is 5.18. The number of hydrogen-bond acceptors (Lipinski definition) is 5. The molecule has 5 heteroatoms. The van der Waals surface area contributed by atoms with Gasteiger partial charge in [-0.25, -0.2) is 4.98 Å². The molecule has 2 rings (SSSR count). The highest BCUT2D eigenvalue weighted by atomic mass is 32.2. The van der Waals surface area contributed by atoms with E-state index in [2.05, 4.69) is 27.4 Å². The minimum Gasteiger partial charge on any atom is -0.394 e. The monoisotopic (exact) mass is 275 g/mol. The number of thioether (sulfide) groups is 1. The summed E-state index contributed by atoms with van der Waals surface area (Å²) in [6.45, 7) is 1.97. The maximum atomic E-state index is 9.00. The largest absolute Gasteiger partial charge is 0.394 e. The van der Waals surface area contributed by atoms with Crippen LogP contribution in [-0.2, 0) is 5.75 Å². The fraction of sp³-hybridized carbons (Fsp3) is 0.286. The highest BCUT2D eigenvalue weighted by Gasteiger charge is 2.03. The first-order valence-corrected chi connectivity index (χ1v) is 7.12. The van der Waals surface area contributed by atoms with Crippen LogP contribution in [0.25, 0.3) is 0 Å². The second-order valence-electron chi connectivity index (χ2n) is 4.24. The number of anilines is 1. The first kappa shape index (κ1) is 13.8. The van der Waals surface area contributed by atoms with E-state index in [-0.39, 0.29) is 12.6 Å². The molecular formula is C14H17N3OS. The molecule has 19 heavy (non-hydrogen) atoms. The summed E-state index contributed by atoms with van der Waals surface area (Å²) in [6.07, 6.45) is 3.42. The zero-order valence-electron chi connectivity index (χ0n) is 10.8. The van der Waals surface area contributed by atoms with Crippen LogP contribution in [0.3, 0.4) is 0 Å². The molecule has 4 nitrogen and oxygen atoms in total. The van der Waals surface area contributed by atoms with E-state index in [1.165, 1.54) is 5.56 Å². The van der Waals surface area contributed by atoms with Crippen molar-refractivity contribution in [3.05, 3.63) is 48.3 Å². The smallest absolute Gasteiger partial charge is 0.146 e. The molecule has 1 unspecified atom stereocenters. The van der Waals surface area contributed by atoms with Crippen molar-refractivity contribution >= 4 is 17.6 Å². The summed E-state index contributed by atoms with van der Waals surface area (Å²) in [4.78, 5) is 8.61. The third-order valence-electron chi connectivity index (χ3n) is 2.51. The third kappa shape index (κ3) is 4.54. The molecule has 0 amide bonds. The summed E-state index contributed by atoms with van der Waals surface area (Å²) >= 11 is 1.65. The third-order valence-corrected chi connectivity index (χ3v) is 3.48. The minimum absolute atomic E-state index is 0.0244. The highest BCUT2D eigenvalue weighted by Crippen LogP contribution is 2.21. The molecule has 1 heterocycles. The molecule has 2 aromatic rings. The van der Waals surface area contributed by atoms with Crippen molar-refractivity contribution in [3.8, 4) is 0 Å². The Bertz CT molecular complexity index is 507. The Morgan fingerprint density at radius 2 is 2.05 bits per heavy atom. The quantitative estimate of drug-likeness (QED) is 0.793. The molecule has 0 aliphatic carbocycles. The van der Waals surface area contributed by atoms with Crippen LogP contribution < -0.4 is 5.32 Å². The van der Waals surface area contributed by atoms with Gasteiger partial charge in [0, 0.05) is 11.8 Å². The van der Waals surface area contributed by atoms with Crippen LogP contribution in [0.2, 0.25) is 0 Å². The number of hydrogen-bond donors (Lipinski definition) is 2. The van der Waals surface area contributed by atoms with Gasteiger partial charge in [-0.3, -0.25) is 4.98 Å². The predicted molar refractivity (Wildman–Crippen MR) is 78.2 cm³/mol. The standard InChI is InChI=1S/C14H17N3OS/c1-11(9-18)16-13-7-15-8-14(17-13)19-10-12-5-3-2-4-6-12/h2-8,11,18H,9-10H2,1H3,(H,16,17). The van der Waals surface area contributed by atoms with Gasteiger partial charge in [0.15, 0.2) is 0 Å². The fourth-order valence-electron chi connectivity index (χ4n) is 1.52. The Morgan fingerprint density at radius 1 is 1.26 bits per heavy atom. The van der Waals surface area contributed by atoms with Gasteiger partial charge in [-0.15, -0.1) is 11.8 Å². The van der Waals surface area contributed by atoms with Gasteiger partial charge >= 0.3 is 0 Å². The topological polar surface area (TPSA) is 58.0 Å². The summed E-state index contributed by atoms with van der Waals surface area (Å²) in [7, 11) is 0. The van der Waals surface area contributed by atoms with Gasteiger partial charge in [-0.1, -0.05) is 30.3 Å². The van der Waals surface area contributed by atoms with E-state index in [1.54, 1.807) is 24.2 Å². The second kappa shape index (κ2) is 7.11. The molecule has 100 valence electrons. The van der Waals surface area contributed by atoms with Crippen LogP contribution in [0.4, 0.5) is 5.82 Å². The Balaban J connectivity index is 1.95. The molecule has 2 N–H and O–H groups in total. The molecular weight excluding hydrogens is 258 g/mol. The molecule has 0 spiro atoms. The van der Waals surface area contributed by atoms with Crippen LogP contribution in [0.15, 0.2) is 47.8 Å². The van der Waals surface area contributed by atoms with Crippen molar-refractivity contribution in [2.45, 2.75) is 23.7 Å². The number of aliphatic hydroxyl groups excluding tert-OH is 1. The molecule has 0 fully saturated rings. The van der Waals surface area contributed by atoms with Crippen molar-refractivity contribution in [2.24, 2.45) is 0 Å². The van der Waals surface area contributed by atoms with Gasteiger partial charge in [-0.2, -0.15) is 0 Å². The number of nitrogens with one attached hydrogen (secondary N) is 1. The van der Waals surface area contributed by atoms with E-state index in [4.69, 9.17) is 5.11 Å². The van der Waals surface area contributed by atoms with E-state index in [0.29, 0.717) is 5.82 Å². The van der Waals surface area contributed by atoms with Crippen molar-refractivity contribution in [3.63, 3.8) is 0 Å². The second-order valence-corrected chi connectivity index (χ2v) is 5.24. The lowest BCUT2D eigenvalue weighted by atomic mass is 10.2. The molecule has 1 aromatic carbocycles. The van der Waals surface area contributed by atoms with Gasteiger partial charge in [0.2, 0.25) is 0 Å². The van der Waals surface area contributed by atoms with Gasteiger partial charge in [0.1, 0.15) is 10.8 Å². The van der Waals surface area contributed by atoms with Crippen molar-refractivity contribution in [2.75, 3.05) is 11.9 Å². The van der Waals surface area contributed by atoms with Crippen LogP contribution in [0.1, 0.15) is 12.5 Å². The molecule has 0 bridgehead atoms. The van der Waals surface area contributed by atoms with Crippen LogP contribution in [0.5, 0.6) is 0 Å². The van der Waals surface area contributed by atoms with E-state index in [0.717, 1.165) is 10.8 Å². The molecule has 0 radical (unpaired) electrons. The summed E-state index contributed by atoms with van der Waals surface area (Å²) in [6, 6.07) is 10.2. The van der Waals surface area contributed by atoms with E-state index in [9.17, 15) is 0 Å². The van der Waals surface area contributed by atoms with Crippen molar-refractivity contribution < 1.29 is 5.11 Å². The van der Waals surface area contributed by atoms with Gasteiger partial charge in [0.25, 0.3) is 0 Å². The summed E-state index contributed by atoms with van der Waals surface area (Å²) in [5, 5.41) is 13.0. The number of rotatable bonds is 6. The van der Waals surface area contributed by atoms with Gasteiger partial charge in [0.05, 0.1) is 19.0 Å². The van der Waals surface area contributed by atoms with Gasteiger partial charge in [-0.05, 0) is 12.5 Å². The molecule has 0 aliphatic heterocycles. The minimum atomic E-state index is -0.0244. The van der Waals surface area contributed by atoms with Crippen molar-refractivity contribution in [1.82, 2.24) is 9.97 Å². The average molecular weight is 275 g/mol. The van der Waals surface area contributed by atoms with E-state index in [1.807, 2.05) is 25.1 Å². The average Bonchev–Trinajstić information content (AvgIpc) is 2.46. The lowest BCUT2D eigenvalue weighted by Gasteiger charge is -2.11. The number of aliphatic hydroxyl groups is 1. The number of aromatic nitrogens is 2. The Labute approximate surface area is 117 Å². The predicted octanol–water partition coefficient (Wildman–Crippen LogP) is 2.56. The molecule has 0 aliphatic rings. The molecule has 0 saturated carbocycles. The van der Waals surface area contributed by atoms with Gasteiger partial charge < -0.3 is 10.4 Å². The normalized spacial score (nSPS) is 12.1. The van der Waals surface area contributed by atoms with E-state index >= 15 is 0 Å². The lowest BCUT2D eigenvalue weighted by molar-refractivity contribution is 0.281. The Hall–Kier alpha value is -1.59. The maximum absolute atomic E-state index is 9.00. The van der Waals surface area contributed by atoms with Crippen LogP contribution >= 0.6 is 11.8 Å². The summed E-state index contributed by atoms with van der Waals surface area (Å²) < 4.78 is 0. The molecule has 1 atom stereocenters. The Morgan fingerprint density at radius 3 is 2.79 bits per heavy atom. The van der Waals surface area contributed by atoms with E-state index < -0.39 is 0 Å². The highest BCUT2D eigenvalue weighted by molar-refractivity contribution is 7.98. The fourth-order valence-corrected chi connectivity index (χ4v) is 2.32.